The van der Waals surface area contributed by atoms with E-state index < -0.39 is 11.9 Å². The summed E-state index contributed by atoms with van der Waals surface area (Å²) >= 11 is 0. The molecule has 1 rings (SSSR count). The van der Waals surface area contributed by atoms with Gasteiger partial charge in [-0.05, 0) is 31.0 Å². The van der Waals surface area contributed by atoms with Gasteiger partial charge in [-0.1, -0.05) is 0 Å². The molecule has 0 aliphatic heterocycles. The molecule has 1 heterocycles. The predicted octanol–water partition coefficient (Wildman–Crippen LogP) is 2.48. The van der Waals surface area contributed by atoms with Crippen LogP contribution in [0.25, 0.3) is 0 Å². The van der Waals surface area contributed by atoms with Gasteiger partial charge in [0.25, 0.3) is 0 Å². The van der Waals surface area contributed by atoms with Crippen molar-refractivity contribution in [3.8, 4) is 0 Å². The van der Waals surface area contributed by atoms with Crippen molar-refractivity contribution in [1.29, 1.82) is 0 Å². The fraction of sp³-hybridized carbons (Fsp3) is 0.250. The number of rotatable bonds is 1. The molecule has 1 radical (unpaired) electrons. The Balaban J connectivity index is 3.02. The fourth-order valence-electron chi connectivity index (χ4n) is 0.785. The molecule has 0 N–H and O–H groups in total. The summed E-state index contributed by atoms with van der Waals surface area (Å²) in [6.07, 6.45) is -2.87. The van der Waals surface area contributed by atoms with Gasteiger partial charge in [-0.3, -0.25) is 4.98 Å². The van der Waals surface area contributed by atoms with E-state index in [0.29, 0.717) is 12.0 Å². The van der Waals surface area contributed by atoms with Gasteiger partial charge in [-0.25, -0.2) is 0 Å². The van der Waals surface area contributed by atoms with E-state index in [1.165, 1.54) is 6.07 Å². The summed E-state index contributed by atoms with van der Waals surface area (Å²) in [5, 5.41) is 0. The predicted molar refractivity (Wildman–Crippen MR) is 38.3 cm³/mol. The maximum Gasteiger partial charge on any atom is 0.433 e. The van der Waals surface area contributed by atoms with Gasteiger partial charge in [0.15, 0.2) is 0 Å². The highest BCUT2D eigenvalue weighted by Crippen LogP contribution is 2.27. The lowest BCUT2D eigenvalue weighted by atomic mass is 10.2. The Morgan fingerprint density at radius 2 is 2.08 bits per heavy atom. The lowest BCUT2D eigenvalue weighted by molar-refractivity contribution is -0.141. The quantitative estimate of drug-likeness (QED) is 0.637. The van der Waals surface area contributed by atoms with E-state index in [9.17, 15) is 13.2 Å². The summed E-state index contributed by atoms with van der Waals surface area (Å²) in [6.45, 7) is 3.48. The van der Waals surface area contributed by atoms with E-state index in [4.69, 9.17) is 0 Å². The Kier molecular flexibility index (Phi) is 2.35. The van der Waals surface area contributed by atoms with Crippen molar-refractivity contribution < 1.29 is 13.2 Å². The smallest absolute Gasteiger partial charge is 0.252 e. The highest BCUT2D eigenvalue weighted by atomic mass is 19.4. The van der Waals surface area contributed by atoms with Gasteiger partial charge >= 0.3 is 6.18 Å². The minimum atomic E-state index is -4.36. The average molecular weight is 174 g/mol. The molecule has 0 bridgehead atoms. The highest BCUT2D eigenvalue weighted by Gasteiger charge is 2.32. The summed E-state index contributed by atoms with van der Waals surface area (Å²) in [5.41, 5.74) is -0.319. The van der Waals surface area contributed by atoms with Gasteiger partial charge < -0.3 is 0 Å². The van der Waals surface area contributed by atoms with E-state index in [1.807, 2.05) is 0 Å². The third kappa shape index (κ3) is 1.96. The zero-order chi connectivity index (χ0) is 9.19. The molecule has 0 saturated carbocycles. The Labute approximate surface area is 68.2 Å². The maximum absolute atomic E-state index is 12.0. The van der Waals surface area contributed by atoms with Crippen LogP contribution in [-0.2, 0) is 12.6 Å². The number of halogens is 3. The minimum absolute atomic E-state index is 0.339. The molecule has 0 aromatic carbocycles. The number of nitrogens with zero attached hydrogens (tertiary/aromatic N) is 1. The SMILES string of the molecule is [CH2]Cc1ccnc(C(F)(F)F)c1. The topological polar surface area (TPSA) is 12.9 Å². The monoisotopic (exact) mass is 174 g/mol. The summed E-state index contributed by atoms with van der Waals surface area (Å²) in [4.78, 5) is 3.21. The van der Waals surface area contributed by atoms with Crippen LogP contribution >= 0.6 is 0 Å². The van der Waals surface area contributed by atoms with Gasteiger partial charge in [0, 0.05) is 6.20 Å². The summed E-state index contributed by atoms with van der Waals surface area (Å²) in [6, 6.07) is 2.52. The molecule has 0 aliphatic rings. The molecule has 1 aromatic heterocycles. The first kappa shape index (κ1) is 9.03. The van der Waals surface area contributed by atoms with Crippen molar-refractivity contribution in [2.24, 2.45) is 0 Å². The van der Waals surface area contributed by atoms with Crippen LogP contribution < -0.4 is 0 Å². The van der Waals surface area contributed by atoms with E-state index in [0.717, 1.165) is 12.3 Å². The van der Waals surface area contributed by atoms with E-state index in [-0.39, 0.29) is 0 Å². The van der Waals surface area contributed by atoms with Gasteiger partial charge in [0.1, 0.15) is 5.69 Å². The van der Waals surface area contributed by atoms with Crippen molar-refractivity contribution in [3.63, 3.8) is 0 Å². The number of hydrogen-bond acceptors (Lipinski definition) is 1. The van der Waals surface area contributed by atoms with Crippen molar-refractivity contribution in [1.82, 2.24) is 4.98 Å². The molecule has 0 amide bonds. The fourth-order valence-corrected chi connectivity index (χ4v) is 0.785. The van der Waals surface area contributed by atoms with Crippen LogP contribution in [0.15, 0.2) is 18.3 Å². The van der Waals surface area contributed by atoms with Gasteiger partial charge in [0.05, 0.1) is 0 Å². The van der Waals surface area contributed by atoms with Crippen molar-refractivity contribution in [2.75, 3.05) is 0 Å². The first-order chi connectivity index (χ1) is 5.54. The highest BCUT2D eigenvalue weighted by molar-refractivity contribution is 5.18. The molecule has 0 atom stereocenters. The van der Waals surface area contributed by atoms with E-state index in [1.54, 1.807) is 0 Å². The van der Waals surface area contributed by atoms with Crippen LogP contribution in [0.1, 0.15) is 11.3 Å². The average Bonchev–Trinajstić information content (AvgIpc) is 2.03. The second kappa shape index (κ2) is 3.13. The number of pyridine rings is 1. The first-order valence-electron chi connectivity index (χ1n) is 3.35. The first-order valence-corrected chi connectivity index (χ1v) is 3.35. The summed E-state index contributed by atoms with van der Waals surface area (Å²) in [7, 11) is 0. The second-order valence-corrected chi connectivity index (χ2v) is 2.30. The molecule has 0 spiro atoms. The van der Waals surface area contributed by atoms with Crippen LogP contribution in [-0.4, -0.2) is 4.98 Å². The Hall–Kier alpha value is -1.06. The zero-order valence-corrected chi connectivity index (χ0v) is 6.23. The summed E-state index contributed by atoms with van der Waals surface area (Å²) in [5.74, 6) is 0. The largest absolute Gasteiger partial charge is 0.433 e. The van der Waals surface area contributed by atoms with Crippen LogP contribution in [0, 0.1) is 6.92 Å². The molecular weight excluding hydrogens is 167 g/mol. The van der Waals surface area contributed by atoms with Crippen LogP contribution in [0.5, 0.6) is 0 Å². The molecule has 4 heteroatoms. The van der Waals surface area contributed by atoms with Crippen LogP contribution in [0.3, 0.4) is 0 Å². The lowest BCUT2D eigenvalue weighted by Crippen LogP contribution is -2.07. The second-order valence-electron chi connectivity index (χ2n) is 2.30. The van der Waals surface area contributed by atoms with Gasteiger partial charge in [-0.2, -0.15) is 13.2 Å². The Bertz CT molecular complexity index is 267. The van der Waals surface area contributed by atoms with E-state index >= 15 is 0 Å². The normalized spacial score (nSPS) is 11.7. The van der Waals surface area contributed by atoms with E-state index in [2.05, 4.69) is 11.9 Å². The Morgan fingerprint density at radius 1 is 1.42 bits per heavy atom. The molecule has 0 aliphatic carbocycles. The molecule has 1 nitrogen and oxygen atoms in total. The number of hydrogen-bond donors (Lipinski definition) is 0. The minimum Gasteiger partial charge on any atom is -0.252 e. The molecule has 12 heavy (non-hydrogen) atoms. The van der Waals surface area contributed by atoms with Gasteiger partial charge in [0.2, 0.25) is 0 Å². The number of alkyl halides is 3. The Morgan fingerprint density at radius 3 is 2.58 bits per heavy atom. The van der Waals surface area contributed by atoms with Crippen molar-refractivity contribution in [2.45, 2.75) is 12.6 Å². The zero-order valence-electron chi connectivity index (χ0n) is 6.23. The molecule has 0 unspecified atom stereocenters. The lowest BCUT2D eigenvalue weighted by Gasteiger charge is -2.05. The maximum atomic E-state index is 12.0. The van der Waals surface area contributed by atoms with Crippen molar-refractivity contribution >= 4 is 0 Å². The van der Waals surface area contributed by atoms with Crippen LogP contribution in [0.2, 0.25) is 0 Å². The van der Waals surface area contributed by atoms with Crippen LogP contribution in [0.4, 0.5) is 13.2 Å². The molecule has 0 saturated heterocycles. The molecular formula is C8H7F3N. The summed E-state index contributed by atoms with van der Waals surface area (Å²) < 4.78 is 36.1. The molecule has 1 aromatic rings. The third-order valence-electron chi connectivity index (χ3n) is 1.40. The molecule has 65 valence electrons. The third-order valence-corrected chi connectivity index (χ3v) is 1.40. The standard InChI is InChI=1S/C8H7F3N/c1-2-6-3-4-12-7(5-6)8(9,10)11/h3-5H,1-2H2. The van der Waals surface area contributed by atoms with Crippen molar-refractivity contribution in [3.05, 3.63) is 36.5 Å². The van der Waals surface area contributed by atoms with Gasteiger partial charge in [-0.15, -0.1) is 0 Å². The molecule has 0 fully saturated rings. The number of aromatic nitrogens is 1.